The predicted molar refractivity (Wildman–Crippen MR) is 132 cm³/mol. The van der Waals surface area contributed by atoms with Crippen molar-refractivity contribution in [3.05, 3.63) is 70.7 Å². The number of carbonyl (C=O) groups excluding carboxylic acids is 3. The van der Waals surface area contributed by atoms with Crippen LogP contribution in [0.1, 0.15) is 54.9 Å². The highest BCUT2D eigenvalue weighted by Crippen LogP contribution is 2.40. The molecule has 6 nitrogen and oxygen atoms in total. The minimum atomic E-state index is -0.573. The molecule has 1 aliphatic heterocycles. The van der Waals surface area contributed by atoms with Crippen molar-refractivity contribution in [1.29, 1.82) is 0 Å². The molecule has 1 aliphatic carbocycles. The number of halogens is 1. The fourth-order valence-electron chi connectivity index (χ4n) is 5.33. The Morgan fingerprint density at radius 3 is 2.56 bits per heavy atom. The van der Waals surface area contributed by atoms with Crippen molar-refractivity contribution in [2.45, 2.75) is 57.7 Å². The van der Waals surface area contributed by atoms with Gasteiger partial charge in [0.25, 0.3) is 5.91 Å². The Bertz CT molecular complexity index is 1030. The number of rotatable bonds is 7. The predicted octanol–water partition coefficient (Wildman–Crippen LogP) is 4.28. The fraction of sp³-hybridized carbons (Fsp3) is 0.444. The van der Waals surface area contributed by atoms with Crippen molar-refractivity contribution in [2.24, 2.45) is 5.92 Å². The zero-order valence-corrected chi connectivity index (χ0v) is 20.3. The number of hydrogen-bond donors (Lipinski definition) is 1. The standard InChI is InChI=1S/C27H32ClN3O3/c1-2-30(18-19-9-4-3-5-10-19)25(32)17-29-26(33)24-16-20-11-6-7-14-23(20)31(24)27(34)21-12-8-13-22(28)15-21/h3-5,8-10,12-13,15,20,23-24H,2,6-7,11,14,16-18H2,1H3,(H,29,33). The second kappa shape index (κ2) is 11.0. The highest BCUT2D eigenvalue weighted by molar-refractivity contribution is 6.31. The Balaban J connectivity index is 1.44. The first-order chi connectivity index (χ1) is 16.5. The van der Waals surface area contributed by atoms with Gasteiger partial charge < -0.3 is 15.1 Å². The van der Waals surface area contributed by atoms with Gasteiger partial charge in [-0.2, -0.15) is 0 Å². The van der Waals surface area contributed by atoms with Gasteiger partial charge in [0.2, 0.25) is 11.8 Å². The van der Waals surface area contributed by atoms with Crippen LogP contribution in [0.25, 0.3) is 0 Å². The number of benzene rings is 2. The molecule has 2 aliphatic rings. The summed E-state index contributed by atoms with van der Waals surface area (Å²) >= 11 is 6.13. The normalized spacial score (nSPS) is 21.6. The van der Waals surface area contributed by atoms with Crippen LogP contribution >= 0.6 is 11.6 Å². The summed E-state index contributed by atoms with van der Waals surface area (Å²) in [7, 11) is 0. The molecule has 1 heterocycles. The van der Waals surface area contributed by atoms with Crippen LogP contribution in [0.2, 0.25) is 5.02 Å². The van der Waals surface area contributed by atoms with Crippen LogP contribution in [-0.4, -0.2) is 52.7 Å². The van der Waals surface area contributed by atoms with Gasteiger partial charge in [-0.05, 0) is 55.9 Å². The molecule has 4 rings (SSSR count). The number of likely N-dealkylation sites (tertiary alicyclic amines) is 1. The molecule has 0 bridgehead atoms. The lowest BCUT2D eigenvalue weighted by Crippen LogP contribution is -2.51. The van der Waals surface area contributed by atoms with Crippen LogP contribution in [0.3, 0.4) is 0 Å². The van der Waals surface area contributed by atoms with Crippen molar-refractivity contribution in [3.8, 4) is 0 Å². The molecule has 3 unspecified atom stereocenters. The molecule has 1 N–H and O–H groups in total. The summed E-state index contributed by atoms with van der Waals surface area (Å²) in [6, 6.07) is 16.2. The Kier molecular flexibility index (Phi) is 7.88. The summed E-state index contributed by atoms with van der Waals surface area (Å²) in [6.07, 6.45) is 4.74. The van der Waals surface area contributed by atoms with E-state index in [-0.39, 0.29) is 30.3 Å². The topological polar surface area (TPSA) is 69.7 Å². The van der Waals surface area contributed by atoms with E-state index in [9.17, 15) is 14.4 Å². The van der Waals surface area contributed by atoms with Crippen LogP contribution in [0.5, 0.6) is 0 Å². The van der Waals surface area contributed by atoms with E-state index in [0.717, 1.165) is 31.2 Å². The third-order valence-electron chi connectivity index (χ3n) is 7.06. The first-order valence-corrected chi connectivity index (χ1v) is 12.5. The van der Waals surface area contributed by atoms with Crippen molar-refractivity contribution < 1.29 is 14.4 Å². The van der Waals surface area contributed by atoms with Crippen molar-refractivity contribution in [2.75, 3.05) is 13.1 Å². The maximum absolute atomic E-state index is 13.5. The molecule has 3 amide bonds. The van der Waals surface area contributed by atoms with E-state index in [0.29, 0.717) is 36.0 Å². The van der Waals surface area contributed by atoms with E-state index in [1.807, 2.05) is 37.3 Å². The van der Waals surface area contributed by atoms with E-state index in [1.54, 1.807) is 34.1 Å². The van der Waals surface area contributed by atoms with Crippen LogP contribution in [-0.2, 0) is 16.1 Å². The van der Waals surface area contributed by atoms with Gasteiger partial charge in [0.05, 0.1) is 6.54 Å². The minimum Gasteiger partial charge on any atom is -0.345 e. The maximum Gasteiger partial charge on any atom is 0.254 e. The second-order valence-electron chi connectivity index (χ2n) is 9.20. The largest absolute Gasteiger partial charge is 0.345 e. The Labute approximate surface area is 206 Å². The van der Waals surface area contributed by atoms with Gasteiger partial charge in [-0.3, -0.25) is 14.4 Å². The lowest BCUT2D eigenvalue weighted by molar-refractivity contribution is -0.134. The zero-order chi connectivity index (χ0) is 24.1. The molecular weight excluding hydrogens is 450 g/mol. The van der Waals surface area contributed by atoms with Gasteiger partial charge in [0.15, 0.2) is 0 Å². The zero-order valence-electron chi connectivity index (χ0n) is 19.6. The Hall–Kier alpha value is -2.86. The van der Waals surface area contributed by atoms with E-state index in [1.165, 1.54) is 0 Å². The number of likely N-dealkylation sites (N-methyl/N-ethyl adjacent to an activating group) is 1. The summed E-state index contributed by atoms with van der Waals surface area (Å²) in [4.78, 5) is 43.1. The number of nitrogens with one attached hydrogen (secondary N) is 1. The molecule has 2 aromatic rings. The third kappa shape index (κ3) is 5.44. The first kappa shape index (κ1) is 24.3. The van der Waals surface area contributed by atoms with Crippen LogP contribution in [0.15, 0.2) is 54.6 Å². The molecule has 180 valence electrons. The van der Waals surface area contributed by atoms with Gasteiger partial charge in [-0.1, -0.05) is 60.8 Å². The van der Waals surface area contributed by atoms with Crippen LogP contribution < -0.4 is 5.32 Å². The summed E-state index contributed by atoms with van der Waals surface area (Å²) in [5.74, 6) is -0.243. The van der Waals surface area contributed by atoms with E-state index < -0.39 is 6.04 Å². The quantitative estimate of drug-likeness (QED) is 0.641. The SMILES string of the molecule is CCN(Cc1ccccc1)C(=O)CNC(=O)C1CC2CCCCC2N1C(=O)c1cccc(Cl)c1. The summed E-state index contributed by atoms with van der Waals surface area (Å²) in [6.45, 7) is 2.90. The summed E-state index contributed by atoms with van der Waals surface area (Å²) < 4.78 is 0. The van der Waals surface area contributed by atoms with Crippen molar-refractivity contribution >= 4 is 29.3 Å². The average Bonchev–Trinajstić information content (AvgIpc) is 3.25. The van der Waals surface area contributed by atoms with E-state index in [4.69, 9.17) is 11.6 Å². The fourth-order valence-corrected chi connectivity index (χ4v) is 5.52. The molecule has 2 aromatic carbocycles. The molecule has 0 aromatic heterocycles. The Morgan fingerprint density at radius 2 is 1.82 bits per heavy atom. The summed E-state index contributed by atoms with van der Waals surface area (Å²) in [5, 5.41) is 3.33. The lowest BCUT2D eigenvalue weighted by Gasteiger charge is -2.33. The van der Waals surface area contributed by atoms with Gasteiger partial charge in [-0.15, -0.1) is 0 Å². The van der Waals surface area contributed by atoms with Crippen LogP contribution in [0.4, 0.5) is 0 Å². The number of carbonyl (C=O) groups is 3. The number of fused-ring (bicyclic) bond motifs is 1. The molecule has 34 heavy (non-hydrogen) atoms. The first-order valence-electron chi connectivity index (χ1n) is 12.2. The maximum atomic E-state index is 13.5. The smallest absolute Gasteiger partial charge is 0.254 e. The van der Waals surface area contributed by atoms with Gasteiger partial charge >= 0.3 is 0 Å². The molecule has 2 fully saturated rings. The molecule has 3 atom stereocenters. The Morgan fingerprint density at radius 1 is 1.06 bits per heavy atom. The van der Waals surface area contributed by atoms with Gasteiger partial charge in [0.1, 0.15) is 6.04 Å². The highest BCUT2D eigenvalue weighted by atomic mass is 35.5. The monoisotopic (exact) mass is 481 g/mol. The van der Waals surface area contributed by atoms with Gasteiger partial charge in [0, 0.05) is 29.7 Å². The molecule has 1 saturated carbocycles. The summed E-state index contributed by atoms with van der Waals surface area (Å²) in [5.41, 5.74) is 1.54. The second-order valence-corrected chi connectivity index (χ2v) is 9.63. The van der Waals surface area contributed by atoms with Crippen molar-refractivity contribution in [3.63, 3.8) is 0 Å². The third-order valence-corrected chi connectivity index (χ3v) is 7.30. The molecule has 0 spiro atoms. The van der Waals surface area contributed by atoms with Crippen LogP contribution in [0, 0.1) is 5.92 Å². The lowest BCUT2D eigenvalue weighted by atomic mass is 9.84. The molecule has 0 radical (unpaired) electrons. The highest BCUT2D eigenvalue weighted by Gasteiger charge is 2.47. The van der Waals surface area contributed by atoms with Crippen molar-refractivity contribution in [1.82, 2.24) is 15.1 Å². The molecule has 1 saturated heterocycles. The number of hydrogen-bond acceptors (Lipinski definition) is 3. The molecular formula is C27H32ClN3O3. The van der Waals surface area contributed by atoms with E-state index >= 15 is 0 Å². The average molecular weight is 482 g/mol. The molecule has 7 heteroatoms. The van der Waals surface area contributed by atoms with E-state index in [2.05, 4.69) is 5.32 Å². The number of nitrogens with zero attached hydrogens (tertiary/aromatic N) is 2. The van der Waals surface area contributed by atoms with Gasteiger partial charge in [-0.25, -0.2) is 0 Å². The number of amides is 3. The minimum absolute atomic E-state index is 0.0527.